The SMILES string of the molecule is NC(C(=O)NCc1ccc(OCC2=CC(F)=CCC2)cc1)c1ccccn1. The highest BCUT2D eigenvalue weighted by atomic mass is 19.1. The fourth-order valence-corrected chi connectivity index (χ4v) is 2.71. The van der Waals surface area contributed by atoms with E-state index < -0.39 is 6.04 Å². The molecule has 5 nitrogen and oxygen atoms in total. The Morgan fingerprint density at radius 1 is 1.26 bits per heavy atom. The van der Waals surface area contributed by atoms with Gasteiger partial charge in [-0.3, -0.25) is 9.78 Å². The Balaban J connectivity index is 1.47. The minimum absolute atomic E-state index is 0.199. The number of rotatable bonds is 7. The molecule has 1 unspecified atom stereocenters. The van der Waals surface area contributed by atoms with Crippen LogP contribution in [-0.2, 0) is 11.3 Å². The first-order valence-electron chi connectivity index (χ1n) is 8.83. The van der Waals surface area contributed by atoms with E-state index in [1.54, 1.807) is 30.5 Å². The Labute approximate surface area is 157 Å². The van der Waals surface area contributed by atoms with Gasteiger partial charge in [-0.2, -0.15) is 0 Å². The molecule has 3 N–H and O–H groups in total. The molecule has 1 atom stereocenters. The molecular weight excluding hydrogens is 345 g/mol. The second-order valence-corrected chi connectivity index (χ2v) is 6.31. The van der Waals surface area contributed by atoms with Gasteiger partial charge in [0.1, 0.15) is 24.2 Å². The number of pyridine rings is 1. The van der Waals surface area contributed by atoms with Crippen molar-refractivity contribution in [3.8, 4) is 5.75 Å². The van der Waals surface area contributed by atoms with Crippen LogP contribution >= 0.6 is 0 Å². The van der Waals surface area contributed by atoms with E-state index in [9.17, 15) is 9.18 Å². The maximum atomic E-state index is 13.2. The minimum atomic E-state index is -0.799. The average molecular weight is 367 g/mol. The van der Waals surface area contributed by atoms with Crippen molar-refractivity contribution >= 4 is 5.91 Å². The fraction of sp³-hybridized carbons (Fsp3) is 0.238. The van der Waals surface area contributed by atoms with E-state index in [4.69, 9.17) is 10.5 Å². The predicted molar refractivity (Wildman–Crippen MR) is 101 cm³/mol. The molecule has 1 heterocycles. The zero-order chi connectivity index (χ0) is 19.1. The molecule has 1 aliphatic rings. The second kappa shape index (κ2) is 9.09. The first-order chi connectivity index (χ1) is 13.1. The Morgan fingerprint density at radius 2 is 2.07 bits per heavy atom. The number of allylic oxidation sites excluding steroid dienone is 3. The van der Waals surface area contributed by atoms with Gasteiger partial charge in [0.15, 0.2) is 0 Å². The van der Waals surface area contributed by atoms with Gasteiger partial charge in [-0.25, -0.2) is 4.39 Å². The molecule has 0 fully saturated rings. The Hall–Kier alpha value is -2.99. The number of halogens is 1. The normalized spacial score (nSPS) is 14.7. The van der Waals surface area contributed by atoms with Gasteiger partial charge in [-0.15, -0.1) is 0 Å². The van der Waals surface area contributed by atoms with Crippen molar-refractivity contribution in [2.75, 3.05) is 6.61 Å². The van der Waals surface area contributed by atoms with E-state index in [1.807, 2.05) is 24.3 Å². The highest BCUT2D eigenvalue weighted by molar-refractivity contribution is 5.82. The number of benzene rings is 1. The molecule has 0 saturated carbocycles. The summed E-state index contributed by atoms with van der Waals surface area (Å²) in [5.74, 6) is 0.217. The van der Waals surface area contributed by atoms with Crippen LogP contribution in [0.2, 0.25) is 0 Å². The van der Waals surface area contributed by atoms with Gasteiger partial charge in [0, 0.05) is 12.7 Å². The standard InChI is InChI=1S/C21H22FN3O2/c22-17-5-3-4-16(12-17)14-27-18-9-7-15(8-10-18)13-25-21(26)20(23)19-6-1-2-11-24-19/h1-2,5-12,20H,3-4,13-14,23H2,(H,25,26). The summed E-state index contributed by atoms with van der Waals surface area (Å²) in [6, 6.07) is 11.9. The van der Waals surface area contributed by atoms with Crippen molar-refractivity contribution in [1.82, 2.24) is 10.3 Å². The van der Waals surface area contributed by atoms with Crippen LogP contribution in [0.3, 0.4) is 0 Å². The molecule has 6 heteroatoms. The number of carbonyl (C=O) groups is 1. The van der Waals surface area contributed by atoms with Crippen molar-refractivity contribution in [1.29, 1.82) is 0 Å². The van der Waals surface area contributed by atoms with Crippen molar-refractivity contribution in [2.24, 2.45) is 5.73 Å². The number of hydrogen-bond donors (Lipinski definition) is 2. The van der Waals surface area contributed by atoms with E-state index in [0.29, 0.717) is 31.0 Å². The van der Waals surface area contributed by atoms with Crippen LogP contribution in [0.1, 0.15) is 30.1 Å². The van der Waals surface area contributed by atoms with Crippen LogP contribution in [0, 0.1) is 0 Å². The zero-order valence-electron chi connectivity index (χ0n) is 14.9. The highest BCUT2D eigenvalue weighted by Crippen LogP contribution is 2.20. The third-order valence-electron chi connectivity index (χ3n) is 4.25. The molecule has 0 aliphatic heterocycles. The molecule has 1 aromatic carbocycles. The van der Waals surface area contributed by atoms with Gasteiger partial charge in [0.2, 0.25) is 5.91 Å². The molecule has 3 rings (SSSR count). The summed E-state index contributed by atoms with van der Waals surface area (Å²) in [6.07, 6.45) is 6.23. The van der Waals surface area contributed by atoms with Crippen LogP contribution in [0.15, 0.2) is 72.2 Å². The molecule has 27 heavy (non-hydrogen) atoms. The van der Waals surface area contributed by atoms with Gasteiger partial charge in [-0.05, 0) is 60.4 Å². The van der Waals surface area contributed by atoms with E-state index in [2.05, 4.69) is 10.3 Å². The molecule has 1 amide bonds. The summed E-state index contributed by atoms with van der Waals surface area (Å²) in [4.78, 5) is 16.2. The smallest absolute Gasteiger partial charge is 0.243 e. The highest BCUT2D eigenvalue weighted by Gasteiger charge is 2.16. The number of ether oxygens (including phenoxy) is 1. The van der Waals surface area contributed by atoms with E-state index in [1.165, 1.54) is 6.08 Å². The molecule has 140 valence electrons. The van der Waals surface area contributed by atoms with Crippen molar-refractivity contribution in [3.63, 3.8) is 0 Å². The topological polar surface area (TPSA) is 77.2 Å². The lowest BCUT2D eigenvalue weighted by Crippen LogP contribution is -2.34. The minimum Gasteiger partial charge on any atom is -0.489 e. The van der Waals surface area contributed by atoms with Crippen molar-refractivity contribution in [2.45, 2.75) is 25.4 Å². The summed E-state index contributed by atoms with van der Waals surface area (Å²) < 4.78 is 18.9. The van der Waals surface area contributed by atoms with Gasteiger partial charge in [-0.1, -0.05) is 18.2 Å². The van der Waals surface area contributed by atoms with Gasteiger partial charge in [0.25, 0.3) is 0 Å². The molecular formula is C21H22FN3O2. The number of nitrogens with one attached hydrogen (secondary N) is 1. The fourth-order valence-electron chi connectivity index (χ4n) is 2.71. The summed E-state index contributed by atoms with van der Waals surface area (Å²) in [5, 5.41) is 2.80. The number of carbonyl (C=O) groups excluding carboxylic acids is 1. The molecule has 1 aromatic heterocycles. The van der Waals surface area contributed by atoms with Crippen LogP contribution in [0.4, 0.5) is 4.39 Å². The Kier molecular flexibility index (Phi) is 6.33. The van der Waals surface area contributed by atoms with Gasteiger partial charge in [0.05, 0.1) is 5.69 Å². The van der Waals surface area contributed by atoms with E-state index in [0.717, 1.165) is 17.6 Å². The second-order valence-electron chi connectivity index (χ2n) is 6.31. The summed E-state index contributed by atoms with van der Waals surface area (Å²) in [7, 11) is 0. The maximum Gasteiger partial charge on any atom is 0.243 e. The third kappa shape index (κ3) is 5.49. The number of aromatic nitrogens is 1. The van der Waals surface area contributed by atoms with Crippen LogP contribution in [0.25, 0.3) is 0 Å². The summed E-state index contributed by atoms with van der Waals surface area (Å²) >= 11 is 0. The zero-order valence-corrected chi connectivity index (χ0v) is 14.9. The molecule has 0 bridgehead atoms. The van der Waals surface area contributed by atoms with Gasteiger partial charge < -0.3 is 15.8 Å². The van der Waals surface area contributed by atoms with Crippen LogP contribution in [0.5, 0.6) is 5.75 Å². The summed E-state index contributed by atoms with van der Waals surface area (Å²) in [5.41, 5.74) is 8.31. The lowest BCUT2D eigenvalue weighted by Gasteiger charge is -2.13. The van der Waals surface area contributed by atoms with Gasteiger partial charge >= 0.3 is 0 Å². The quantitative estimate of drug-likeness (QED) is 0.787. The number of nitrogens with two attached hydrogens (primary N) is 1. The van der Waals surface area contributed by atoms with Crippen molar-refractivity contribution < 1.29 is 13.9 Å². The first kappa shape index (κ1) is 18.8. The summed E-state index contributed by atoms with van der Waals surface area (Å²) in [6.45, 7) is 0.733. The number of nitrogens with zero attached hydrogens (tertiary/aromatic N) is 1. The Bertz CT molecular complexity index is 832. The molecule has 0 saturated heterocycles. The van der Waals surface area contributed by atoms with Crippen LogP contribution in [-0.4, -0.2) is 17.5 Å². The largest absolute Gasteiger partial charge is 0.489 e. The molecule has 2 aromatic rings. The van der Waals surface area contributed by atoms with E-state index >= 15 is 0 Å². The number of hydrogen-bond acceptors (Lipinski definition) is 4. The van der Waals surface area contributed by atoms with Crippen molar-refractivity contribution in [3.05, 3.63) is 83.5 Å². The monoisotopic (exact) mass is 367 g/mol. The van der Waals surface area contributed by atoms with E-state index in [-0.39, 0.29) is 11.7 Å². The number of amides is 1. The Morgan fingerprint density at radius 3 is 2.78 bits per heavy atom. The average Bonchev–Trinajstić information content (AvgIpc) is 2.71. The molecule has 1 aliphatic carbocycles. The maximum absolute atomic E-state index is 13.2. The molecule has 0 spiro atoms. The predicted octanol–water partition coefficient (Wildman–Crippen LogP) is 3.35. The molecule has 0 radical (unpaired) electrons. The third-order valence-corrected chi connectivity index (χ3v) is 4.25. The van der Waals surface area contributed by atoms with Crippen LogP contribution < -0.4 is 15.8 Å². The lowest BCUT2D eigenvalue weighted by molar-refractivity contribution is -0.122. The lowest BCUT2D eigenvalue weighted by atomic mass is 10.1. The first-order valence-corrected chi connectivity index (χ1v) is 8.83.